The zero-order valence-electron chi connectivity index (χ0n) is 14.7. The van der Waals surface area contributed by atoms with Gasteiger partial charge in [-0.05, 0) is 6.42 Å². The van der Waals surface area contributed by atoms with Crippen LogP contribution in [0.15, 0.2) is 30.3 Å². The van der Waals surface area contributed by atoms with Crippen molar-refractivity contribution in [2.45, 2.75) is 38.3 Å². The summed E-state index contributed by atoms with van der Waals surface area (Å²) >= 11 is 0. The number of rotatable bonds is 7. The number of H-pyrrole nitrogens is 1. The second kappa shape index (κ2) is 8.65. The van der Waals surface area contributed by atoms with Gasteiger partial charge in [-0.3, -0.25) is 5.10 Å². The first kappa shape index (κ1) is 17.5. The number of hydrogen-bond acceptors (Lipinski definition) is 3. The lowest BCUT2D eigenvalue weighted by Crippen LogP contribution is -3.13. The number of quaternary nitrogens is 2. The Balaban J connectivity index is 1.33. The molecule has 0 spiro atoms. The Labute approximate surface area is 149 Å². The summed E-state index contributed by atoms with van der Waals surface area (Å²) in [6.45, 7) is 4.74. The van der Waals surface area contributed by atoms with Crippen LogP contribution in [0.4, 0.5) is 5.82 Å². The second-order valence-corrected chi connectivity index (χ2v) is 6.95. The Morgan fingerprint density at radius 3 is 2.76 bits per heavy atom. The van der Waals surface area contributed by atoms with Gasteiger partial charge in [0.2, 0.25) is 0 Å². The van der Waals surface area contributed by atoms with E-state index >= 15 is 0 Å². The first-order valence-electron chi connectivity index (χ1n) is 9.20. The number of aromatic nitrogens is 2. The standard InChI is InChI=1S/C19H26N6/c20-13-17-18(23-24-19(17)21)7-4-10-22-16-8-11-25(12-9-16)14-15-5-2-1-3-6-15/h1-3,5-6,16,22H,4,7-12,14H2,(H3,21,23,24)/p+2. The number of aromatic amines is 1. The van der Waals surface area contributed by atoms with E-state index in [1.807, 2.05) is 0 Å². The third-order valence-electron chi connectivity index (χ3n) is 5.15. The fraction of sp³-hybridized carbons (Fsp3) is 0.474. The molecule has 1 aliphatic rings. The van der Waals surface area contributed by atoms with Gasteiger partial charge in [0.05, 0.1) is 31.4 Å². The van der Waals surface area contributed by atoms with Crippen molar-refractivity contribution in [3.63, 3.8) is 0 Å². The van der Waals surface area contributed by atoms with Gasteiger partial charge in [-0.25, -0.2) is 0 Å². The van der Waals surface area contributed by atoms with Crippen molar-refractivity contribution in [3.8, 4) is 6.07 Å². The molecule has 0 saturated carbocycles. The fourth-order valence-corrected chi connectivity index (χ4v) is 3.68. The molecule has 6 nitrogen and oxygen atoms in total. The van der Waals surface area contributed by atoms with Gasteiger partial charge in [-0.1, -0.05) is 30.3 Å². The summed E-state index contributed by atoms with van der Waals surface area (Å²) in [6.07, 6.45) is 4.43. The number of nitriles is 1. The highest BCUT2D eigenvalue weighted by Gasteiger charge is 2.24. The van der Waals surface area contributed by atoms with Gasteiger partial charge in [0.1, 0.15) is 18.2 Å². The lowest BCUT2D eigenvalue weighted by molar-refractivity contribution is -0.926. The molecular formula is C19H28N6+2. The first-order valence-corrected chi connectivity index (χ1v) is 9.20. The van der Waals surface area contributed by atoms with Gasteiger partial charge >= 0.3 is 0 Å². The van der Waals surface area contributed by atoms with E-state index in [4.69, 9.17) is 11.0 Å². The third-order valence-corrected chi connectivity index (χ3v) is 5.15. The molecule has 0 bridgehead atoms. The number of nitrogens with zero attached hydrogens (tertiary/aromatic N) is 2. The quantitative estimate of drug-likeness (QED) is 0.516. The maximum atomic E-state index is 9.08. The molecule has 132 valence electrons. The topological polar surface area (TPSA) is 99.5 Å². The molecule has 2 heterocycles. The van der Waals surface area contributed by atoms with Crippen LogP contribution in [-0.4, -0.2) is 35.9 Å². The molecule has 0 radical (unpaired) electrons. The molecule has 1 aromatic carbocycles. The molecule has 0 unspecified atom stereocenters. The number of nitrogen functional groups attached to an aromatic ring is 1. The monoisotopic (exact) mass is 340 g/mol. The van der Waals surface area contributed by atoms with E-state index in [1.165, 1.54) is 31.5 Å². The summed E-state index contributed by atoms with van der Waals surface area (Å²) in [5.74, 6) is 0.315. The molecule has 3 rings (SSSR count). The summed E-state index contributed by atoms with van der Waals surface area (Å²) in [6, 6.07) is 13.6. The van der Waals surface area contributed by atoms with E-state index in [0.717, 1.165) is 37.7 Å². The van der Waals surface area contributed by atoms with Crippen LogP contribution in [0.3, 0.4) is 0 Å². The predicted molar refractivity (Wildman–Crippen MR) is 96.7 cm³/mol. The molecular weight excluding hydrogens is 312 g/mol. The summed E-state index contributed by atoms with van der Waals surface area (Å²) in [5, 5.41) is 18.3. The lowest BCUT2D eigenvalue weighted by atomic mass is 10.0. The Morgan fingerprint density at radius 2 is 2.04 bits per heavy atom. The van der Waals surface area contributed by atoms with Crippen LogP contribution in [0.5, 0.6) is 0 Å². The Morgan fingerprint density at radius 1 is 1.28 bits per heavy atom. The minimum absolute atomic E-state index is 0.315. The molecule has 1 saturated heterocycles. The van der Waals surface area contributed by atoms with Crippen molar-refractivity contribution in [2.75, 3.05) is 25.4 Å². The zero-order valence-corrected chi connectivity index (χ0v) is 14.7. The SMILES string of the molecule is N#Cc1c(N)n[nH]c1CCC[NH2+]C1CC[NH+](Cc2ccccc2)CC1. The number of nitrogens with two attached hydrogens (primary N) is 2. The average Bonchev–Trinajstić information content (AvgIpc) is 3.00. The number of anilines is 1. The summed E-state index contributed by atoms with van der Waals surface area (Å²) in [4.78, 5) is 1.70. The highest BCUT2D eigenvalue weighted by molar-refractivity contribution is 5.50. The van der Waals surface area contributed by atoms with Crippen LogP contribution < -0.4 is 16.0 Å². The van der Waals surface area contributed by atoms with Gasteiger partial charge in [-0.2, -0.15) is 10.4 Å². The van der Waals surface area contributed by atoms with E-state index in [1.54, 1.807) is 4.90 Å². The average molecular weight is 340 g/mol. The number of piperidine rings is 1. The molecule has 2 aromatic rings. The van der Waals surface area contributed by atoms with E-state index < -0.39 is 0 Å². The van der Waals surface area contributed by atoms with Crippen LogP contribution in [-0.2, 0) is 13.0 Å². The maximum absolute atomic E-state index is 9.08. The number of benzene rings is 1. The smallest absolute Gasteiger partial charge is 0.163 e. The highest BCUT2D eigenvalue weighted by Crippen LogP contribution is 2.12. The van der Waals surface area contributed by atoms with Crippen molar-refractivity contribution in [1.29, 1.82) is 5.26 Å². The largest absolute Gasteiger partial charge is 0.381 e. The van der Waals surface area contributed by atoms with E-state index in [0.29, 0.717) is 11.4 Å². The number of aryl methyl sites for hydroxylation is 1. The minimum atomic E-state index is 0.315. The predicted octanol–water partition coefficient (Wildman–Crippen LogP) is -0.393. The molecule has 0 amide bonds. The van der Waals surface area contributed by atoms with Crippen LogP contribution in [0, 0.1) is 11.3 Å². The van der Waals surface area contributed by atoms with Gasteiger partial charge in [0.25, 0.3) is 0 Å². The molecule has 1 aliphatic heterocycles. The van der Waals surface area contributed by atoms with Crippen molar-refractivity contribution in [1.82, 2.24) is 10.2 Å². The van der Waals surface area contributed by atoms with Gasteiger partial charge < -0.3 is 16.0 Å². The van der Waals surface area contributed by atoms with Crippen LogP contribution in [0.2, 0.25) is 0 Å². The Kier molecular flexibility index (Phi) is 6.04. The maximum Gasteiger partial charge on any atom is 0.163 e. The highest BCUT2D eigenvalue weighted by atomic mass is 15.2. The summed E-state index contributed by atoms with van der Waals surface area (Å²) < 4.78 is 0. The third kappa shape index (κ3) is 4.81. The van der Waals surface area contributed by atoms with Crippen molar-refractivity contribution >= 4 is 5.82 Å². The minimum Gasteiger partial charge on any atom is -0.381 e. The van der Waals surface area contributed by atoms with Gasteiger partial charge in [0.15, 0.2) is 5.82 Å². The van der Waals surface area contributed by atoms with Crippen LogP contribution in [0.25, 0.3) is 0 Å². The van der Waals surface area contributed by atoms with Gasteiger partial charge in [-0.15, -0.1) is 0 Å². The van der Waals surface area contributed by atoms with E-state index in [2.05, 4.69) is 51.9 Å². The number of nitrogens with one attached hydrogen (secondary N) is 2. The molecule has 25 heavy (non-hydrogen) atoms. The van der Waals surface area contributed by atoms with E-state index in [9.17, 15) is 0 Å². The molecule has 6 N–H and O–H groups in total. The summed E-state index contributed by atoms with van der Waals surface area (Å²) in [7, 11) is 0. The zero-order chi connectivity index (χ0) is 17.5. The van der Waals surface area contributed by atoms with Crippen LogP contribution >= 0.6 is 0 Å². The second-order valence-electron chi connectivity index (χ2n) is 6.95. The van der Waals surface area contributed by atoms with Crippen molar-refractivity contribution < 1.29 is 10.2 Å². The Bertz CT molecular complexity index is 694. The Hall–Kier alpha value is -2.36. The van der Waals surface area contributed by atoms with Gasteiger partial charge in [0, 0.05) is 24.8 Å². The molecule has 0 atom stereocenters. The van der Waals surface area contributed by atoms with Crippen LogP contribution in [0.1, 0.15) is 36.1 Å². The number of likely N-dealkylation sites (tertiary alicyclic amines) is 1. The molecule has 1 fully saturated rings. The summed E-state index contributed by atoms with van der Waals surface area (Å²) in [5.41, 5.74) is 8.49. The van der Waals surface area contributed by atoms with E-state index in [-0.39, 0.29) is 0 Å². The molecule has 0 aliphatic carbocycles. The fourth-order valence-electron chi connectivity index (χ4n) is 3.68. The normalized spacial score (nSPS) is 20.3. The molecule has 1 aromatic heterocycles. The molecule has 6 heteroatoms. The number of hydrogen-bond donors (Lipinski definition) is 4. The first-order chi connectivity index (χ1) is 12.3. The van der Waals surface area contributed by atoms with Crippen molar-refractivity contribution in [3.05, 3.63) is 47.2 Å². The lowest BCUT2D eigenvalue weighted by Gasteiger charge is -2.28. The van der Waals surface area contributed by atoms with Crippen molar-refractivity contribution in [2.24, 2.45) is 0 Å².